The zero-order chi connectivity index (χ0) is 19.1. The van der Waals surface area contributed by atoms with Crippen LogP contribution in [0.1, 0.15) is 30.5 Å². The second kappa shape index (κ2) is 6.27. The van der Waals surface area contributed by atoms with Gasteiger partial charge in [-0.25, -0.2) is 18.7 Å². The van der Waals surface area contributed by atoms with E-state index in [4.69, 9.17) is 10.00 Å². The number of carbonyl (C=O) groups is 1. The molecule has 0 unspecified atom stereocenters. The van der Waals surface area contributed by atoms with Crippen molar-refractivity contribution in [1.82, 2.24) is 15.3 Å². The first-order valence-corrected chi connectivity index (χ1v) is 8.52. The molecule has 3 saturated carbocycles. The second-order valence-corrected chi connectivity index (χ2v) is 7.33. The molecule has 3 aliphatic carbocycles. The van der Waals surface area contributed by atoms with Gasteiger partial charge in [0, 0.05) is 17.5 Å². The van der Waals surface area contributed by atoms with Crippen molar-refractivity contribution in [2.75, 3.05) is 6.61 Å². The Bertz CT molecular complexity index is 900. The highest BCUT2D eigenvalue weighted by Crippen LogP contribution is 2.73. The Morgan fingerprint density at radius 3 is 2.52 bits per heavy atom. The summed E-state index contributed by atoms with van der Waals surface area (Å²) in [5, 5.41) is 11.3. The van der Waals surface area contributed by atoms with Crippen molar-refractivity contribution in [2.24, 2.45) is 10.8 Å². The summed E-state index contributed by atoms with van der Waals surface area (Å²) in [6.07, 6.45) is 4.77. The van der Waals surface area contributed by atoms with Crippen LogP contribution in [0.5, 0.6) is 5.88 Å². The highest BCUT2D eigenvalue weighted by Gasteiger charge is 2.71. The van der Waals surface area contributed by atoms with E-state index in [1.807, 2.05) is 6.07 Å². The van der Waals surface area contributed by atoms with Crippen LogP contribution in [-0.4, -0.2) is 22.5 Å². The standard InChI is InChI=1S/C19H16F2N4O2/c20-14-2-1-3-15(21)13(14)6-25-17(26)19-8-18(9-19,10-19)11-27-16-7-23-12(4-22)5-24-16/h1-3,5,7H,6,8-11H2,(H,25,26). The molecule has 3 aliphatic rings. The number of hydrogen-bond donors (Lipinski definition) is 1. The van der Waals surface area contributed by atoms with Crippen LogP contribution in [0.2, 0.25) is 0 Å². The Morgan fingerprint density at radius 1 is 1.22 bits per heavy atom. The number of halogens is 2. The Balaban J connectivity index is 1.27. The molecule has 5 rings (SSSR count). The van der Waals surface area contributed by atoms with Gasteiger partial charge in [0.2, 0.25) is 11.8 Å². The van der Waals surface area contributed by atoms with E-state index in [1.54, 1.807) is 0 Å². The molecule has 1 amide bonds. The van der Waals surface area contributed by atoms with Gasteiger partial charge in [-0.2, -0.15) is 5.26 Å². The maximum atomic E-state index is 13.6. The molecule has 1 N–H and O–H groups in total. The van der Waals surface area contributed by atoms with Crippen LogP contribution in [0, 0.1) is 33.8 Å². The fourth-order valence-electron chi connectivity index (χ4n) is 4.12. The summed E-state index contributed by atoms with van der Waals surface area (Å²) in [5.74, 6) is -1.17. The maximum absolute atomic E-state index is 13.6. The van der Waals surface area contributed by atoms with Crippen LogP contribution in [0.15, 0.2) is 30.6 Å². The highest BCUT2D eigenvalue weighted by molar-refractivity contribution is 5.86. The second-order valence-electron chi connectivity index (χ2n) is 7.33. The van der Waals surface area contributed by atoms with E-state index < -0.39 is 17.0 Å². The molecule has 1 aromatic heterocycles. The average Bonchev–Trinajstić information content (AvgIpc) is 2.59. The van der Waals surface area contributed by atoms with Crippen LogP contribution >= 0.6 is 0 Å². The Labute approximate surface area is 154 Å². The Hall–Kier alpha value is -3.08. The average molecular weight is 370 g/mol. The van der Waals surface area contributed by atoms with Gasteiger partial charge in [0.25, 0.3) is 0 Å². The van der Waals surface area contributed by atoms with Gasteiger partial charge >= 0.3 is 0 Å². The molecule has 0 spiro atoms. The molecule has 6 nitrogen and oxygen atoms in total. The molecule has 0 saturated heterocycles. The number of benzene rings is 1. The molecular formula is C19H16F2N4O2. The first-order valence-electron chi connectivity index (χ1n) is 8.52. The monoisotopic (exact) mass is 370 g/mol. The molecule has 2 aromatic rings. The normalized spacial score (nSPS) is 24.9. The van der Waals surface area contributed by atoms with E-state index in [9.17, 15) is 13.6 Å². The van der Waals surface area contributed by atoms with Crippen molar-refractivity contribution in [3.8, 4) is 11.9 Å². The smallest absolute Gasteiger partial charge is 0.232 e. The molecule has 27 heavy (non-hydrogen) atoms. The van der Waals surface area contributed by atoms with Crippen LogP contribution < -0.4 is 10.1 Å². The van der Waals surface area contributed by atoms with Crippen molar-refractivity contribution in [2.45, 2.75) is 25.8 Å². The van der Waals surface area contributed by atoms with E-state index in [2.05, 4.69) is 15.3 Å². The predicted molar refractivity (Wildman–Crippen MR) is 89.2 cm³/mol. The van der Waals surface area contributed by atoms with Gasteiger partial charge in [-0.15, -0.1) is 0 Å². The van der Waals surface area contributed by atoms with Gasteiger partial charge in [-0.05, 0) is 31.4 Å². The summed E-state index contributed by atoms with van der Waals surface area (Å²) >= 11 is 0. The number of nitrogens with zero attached hydrogens (tertiary/aromatic N) is 3. The van der Waals surface area contributed by atoms with Crippen LogP contribution in [0.25, 0.3) is 0 Å². The summed E-state index contributed by atoms with van der Waals surface area (Å²) in [4.78, 5) is 20.3. The summed E-state index contributed by atoms with van der Waals surface area (Å²) < 4.78 is 32.9. The molecule has 1 heterocycles. The van der Waals surface area contributed by atoms with Crippen LogP contribution in [0.4, 0.5) is 8.78 Å². The molecule has 0 radical (unpaired) electrons. The van der Waals surface area contributed by atoms with Crippen molar-refractivity contribution in [1.29, 1.82) is 5.26 Å². The topological polar surface area (TPSA) is 87.9 Å². The number of amides is 1. The molecule has 0 aliphatic heterocycles. The Kier molecular flexibility index (Phi) is 4.02. The number of nitrogens with one attached hydrogen (secondary N) is 1. The first kappa shape index (κ1) is 17.3. The predicted octanol–water partition coefficient (Wildman–Crippen LogP) is 2.49. The minimum atomic E-state index is -0.665. The molecular weight excluding hydrogens is 354 g/mol. The third-order valence-electron chi connectivity index (χ3n) is 5.38. The van der Waals surface area contributed by atoms with Gasteiger partial charge in [0.05, 0.1) is 24.4 Å². The molecule has 0 atom stereocenters. The van der Waals surface area contributed by atoms with E-state index >= 15 is 0 Å². The molecule has 3 fully saturated rings. The van der Waals surface area contributed by atoms with E-state index in [1.165, 1.54) is 30.6 Å². The van der Waals surface area contributed by atoms with E-state index in [0.717, 1.165) is 0 Å². The SMILES string of the molecule is N#Cc1cnc(OCC23CC(C(=O)NCc4c(F)cccc4F)(C2)C3)cn1. The highest BCUT2D eigenvalue weighted by atomic mass is 19.1. The number of rotatable bonds is 6. The number of carbonyl (C=O) groups excluding carboxylic acids is 1. The molecule has 1 aromatic carbocycles. The molecule has 2 bridgehead atoms. The number of nitriles is 1. The minimum Gasteiger partial charge on any atom is -0.476 e. The number of aromatic nitrogens is 2. The van der Waals surface area contributed by atoms with Gasteiger partial charge in [0.15, 0.2) is 5.69 Å². The van der Waals surface area contributed by atoms with Crippen molar-refractivity contribution >= 4 is 5.91 Å². The van der Waals surface area contributed by atoms with Crippen molar-refractivity contribution in [3.05, 3.63) is 53.5 Å². The number of ether oxygens (including phenoxy) is 1. The van der Waals surface area contributed by atoms with E-state index in [-0.39, 0.29) is 29.1 Å². The summed E-state index contributed by atoms with van der Waals surface area (Å²) in [7, 11) is 0. The summed E-state index contributed by atoms with van der Waals surface area (Å²) in [6, 6.07) is 5.52. The lowest BCUT2D eigenvalue weighted by Gasteiger charge is -2.68. The van der Waals surface area contributed by atoms with Gasteiger partial charge in [0.1, 0.15) is 17.7 Å². The minimum absolute atomic E-state index is 0.0594. The van der Waals surface area contributed by atoms with E-state index in [0.29, 0.717) is 31.7 Å². The lowest BCUT2D eigenvalue weighted by Crippen LogP contribution is -2.69. The summed E-state index contributed by atoms with van der Waals surface area (Å²) in [5.41, 5.74) is -0.429. The maximum Gasteiger partial charge on any atom is 0.232 e. The zero-order valence-electron chi connectivity index (χ0n) is 14.3. The first-order chi connectivity index (χ1) is 13.0. The number of hydrogen-bond acceptors (Lipinski definition) is 5. The quantitative estimate of drug-likeness (QED) is 0.844. The fraction of sp³-hybridized carbons (Fsp3) is 0.368. The van der Waals surface area contributed by atoms with Gasteiger partial charge in [-0.1, -0.05) is 6.07 Å². The van der Waals surface area contributed by atoms with Crippen molar-refractivity contribution in [3.63, 3.8) is 0 Å². The lowest BCUT2D eigenvalue weighted by atomic mass is 9.35. The van der Waals surface area contributed by atoms with Gasteiger partial charge < -0.3 is 10.1 Å². The Morgan fingerprint density at radius 2 is 1.93 bits per heavy atom. The van der Waals surface area contributed by atoms with Crippen molar-refractivity contribution < 1.29 is 18.3 Å². The fourth-order valence-corrected chi connectivity index (χ4v) is 4.12. The third-order valence-corrected chi connectivity index (χ3v) is 5.38. The zero-order valence-corrected chi connectivity index (χ0v) is 14.3. The van der Waals surface area contributed by atoms with Gasteiger partial charge in [-0.3, -0.25) is 4.79 Å². The largest absolute Gasteiger partial charge is 0.476 e. The third kappa shape index (κ3) is 2.99. The van der Waals surface area contributed by atoms with Crippen LogP contribution in [-0.2, 0) is 11.3 Å². The molecule has 138 valence electrons. The van der Waals surface area contributed by atoms with Crippen LogP contribution in [0.3, 0.4) is 0 Å². The summed E-state index contributed by atoms with van der Waals surface area (Å²) in [6.45, 7) is 0.258. The molecule has 8 heteroatoms. The lowest BCUT2D eigenvalue weighted by molar-refractivity contribution is -0.217.